The number of sulfone groups is 1. The third-order valence-corrected chi connectivity index (χ3v) is 5.93. The molecule has 0 spiro atoms. The van der Waals surface area contributed by atoms with Crippen LogP contribution in [0.2, 0.25) is 5.02 Å². The van der Waals surface area contributed by atoms with Gasteiger partial charge in [-0.2, -0.15) is 0 Å². The molecule has 4 aromatic rings. The van der Waals surface area contributed by atoms with Crippen LogP contribution in [0, 0.1) is 0 Å². The van der Waals surface area contributed by atoms with Crippen molar-refractivity contribution in [2.75, 3.05) is 13.4 Å². The lowest BCUT2D eigenvalue weighted by molar-refractivity contribution is 0.415. The second kappa shape index (κ2) is 7.46. The van der Waals surface area contributed by atoms with Gasteiger partial charge in [-0.15, -0.1) is 0 Å². The second-order valence-corrected chi connectivity index (χ2v) is 9.03. The zero-order valence-corrected chi connectivity index (χ0v) is 17.3. The molecule has 29 heavy (non-hydrogen) atoms. The molecule has 146 valence electrons. The summed E-state index contributed by atoms with van der Waals surface area (Å²) in [6.07, 6.45) is 1.18. The Labute approximate surface area is 173 Å². The standard InChI is InChI=1S/C22H17ClN2O3S/c1-28-17-9-12-19-20(13-17)25-22(14-3-7-16(23)8-4-14)21(24-19)15-5-10-18(11-6-15)29(2,26)27/h3-13H,1-2H3. The van der Waals surface area contributed by atoms with Crippen molar-refractivity contribution in [2.45, 2.75) is 4.90 Å². The number of rotatable bonds is 4. The van der Waals surface area contributed by atoms with E-state index >= 15 is 0 Å². The monoisotopic (exact) mass is 424 g/mol. The first-order valence-electron chi connectivity index (χ1n) is 8.77. The number of hydrogen-bond acceptors (Lipinski definition) is 5. The van der Waals surface area contributed by atoms with E-state index in [1.54, 1.807) is 43.5 Å². The SMILES string of the molecule is COc1ccc2nc(-c3ccc(S(C)(=O)=O)cc3)c(-c3ccc(Cl)cc3)nc2c1. The third kappa shape index (κ3) is 3.95. The summed E-state index contributed by atoms with van der Waals surface area (Å²) in [5.74, 6) is 0.694. The zero-order chi connectivity index (χ0) is 20.6. The molecule has 0 aliphatic rings. The van der Waals surface area contributed by atoms with Crippen molar-refractivity contribution in [3.63, 3.8) is 0 Å². The number of fused-ring (bicyclic) bond motifs is 1. The number of methoxy groups -OCH3 is 1. The van der Waals surface area contributed by atoms with E-state index in [1.165, 1.54) is 6.26 Å². The van der Waals surface area contributed by atoms with E-state index in [0.717, 1.165) is 11.1 Å². The van der Waals surface area contributed by atoms with Crippen molar-refractivity contribution >= 4 is 32.5 Å². The van der Waals surface area contributed by atoms with Crippen molar-refractivity contribution in [1.82, 2.24) is 9.97 Å². The molecule has 4 rings (SSSR count). The van der Waals surface area contributed by atoms with Gasteiger partial charge in [-0.1, -0.05) is 35.9 Å². The number of nitrogens with zero attached hydrogens (tertiary/aromatic N) is 2. The summed E-state index contributed by atoms with van der Waals surface area (Å²) in [5.41, 5.74) is 4.37. The maximum absolute atomic E-state index is 11.8. The predicted molar refractivity (Wildman–Crippen MR) is 115 cm³/mol. The van der Waals surface area contributed by atoms with Crippen LogP contribution < -0.4 is 4.74 Å². The molecule has 0 radical (unpaired) electrons. The first-order valence-corrected chi connectivity index (χ1v) is 11.0. The summed E-state index contributed by atoms with van der Waals surface area (Å²) >= 11 is 6.04. The van der Waals surface area contributed by atoms with Crippen molar-refractivity contribution in [3.05, 3.63) is 71.8 Å². The number of halogens is 1. The summed E-state index contributed by atoms with van der Waals surface area (Å²) in [5, 5.41) is 0.628. The fourth-order valence-corrected chi connectivity index (χ4v) is 3.79. The average Bonchev–Trinajstić information content (AvgIpc) is 2.72. The number of ether oxygens (including phenoxy) is 1. The molecule has 0 aliphatic carbocycles. The Bertz CT molecular complexity index is 1300. The lowest BCUT2D eigenvalue weighted by atomic mass is 10.0. The quantitative estimate of drug-likeness (QED) is 0.459. The predicted octanol–water partition coefficient (Wildman–Crippen LogP) is 5.03. The van der Waals surface area contributed by atoms with E-state index in [9.17, 15) is 8.42 Å². The van der Waals surface area contributed by atoms with Crippen molar-refractivity contribution in [3.8, 4) is 28.3 Å². The largest absolute Gasteiger partial charge is 0.497 e. The van der Waals surface area contributed by atoms with Crippen LogP contribution in [0.1, 0.15) is 0 Å². The first-order chi connectivity index (χ1) is 13.8. The van der Waals surface area contributed by atoms with Crippen LogP contribution in [0.4, 0.5) is 0 Å². The van der Waals surface area contributed by atoms with Gasteiger partial charge >= 0.3 is 0 Å². The summed E-state index contributed by atoms with van der Waals surface area (Å²) in [6, 6.07) is 19.5. The minimum Gasteiger partial charge on any atom is -0.497 e. The Balaban J connectivity index is 1.95. The Morgan fingerprint density at radius 3 is 1.90 bits per heavy atom. The zero-order valence-electron chi connectivity index (χ0n) is 15.8. The smallest absolute Gasteiger partial charge is 0.175 e. The maximum atomic E-state index is 11.8. The Morgan fingerprint density at radius 2 is 1.34 bits per heavy atom. The summed E-state index contributed by atoms with van der Waals surface area (Å²) in [4.78, 5) is 9.90. The first kappa shape index (κ1) is 19.4. The molecule has 0 aliphatic heterocycles. The highest BCUT2D eigenvalue weighted by atomic mass is 35.5. The highest BCUT2D eigenvalue weighted by molar-refractivity contribution is 7.90. The van der Waals surface area contributed by atoms with Crippen LogP contribution >= 0.6 is 11.6 Å². The normalized spacial score (nSPS) is 11.6. The van der Waals surface area contributed by atoms with Crippen LogP contribution in [0.25, 0.3) is 33.5 Å². The molecular formula is C22H17ClN2O3S. The van der Waals surface area contributed by atoms with Gasteiger partial charge in [-0.3, -0.25) is 0 Å². The molecule has 0 fully saturated rings. The average molecular weight is 425 g/mol. The van der Waals surface area contributed by atoms with Crippen molar-refractivity contribution < 1.29 is 13.2 Å². The highest BCUT2D eigenvalue weighted by Gasteiger charge is 2.15. The van der Waals surface area contributed by atoms with E-state index in [1.807, 2.05) is 30.3 Å². The molecule has 0 atom stereocenters. The van der Waals surface area contributed by atoms with E-state index in [0.29, 0.717) is 33.2 Å². The fraction of sp³-hybridized carbons (Fsp3) is 0.0909. The van der Waals surface area contributed by atoms with E-state index in [4.69, 9.17) is 26.3 Å². The molecule has 1 heterocycles. The van der Waals surface area contributed by atoms with Crippen molar-refractivity contribution in [2.24, 2.45) is 0 Å². The second-order valence-electron chi connectivity index (χ2n) is 6.58. The van der Waals surface area contributed by atoms with Gasteiger partial charge in [0, 0.05) is 28.5 Å². The lowest BCUT2D eigenvalue weighted by Crippen LogP contribution is -1.98. The molecule has 0 saturated carbocycles. The van der Waals surface area contributed by atoms with Gasteiger partial charge in [0.25, 0.3) is 0 Å². The minimum atomic E-state index is -3.28. The van der Waals surface area contributed by atoms with Crippen LogP contribution in [0.5, 0.6) is 5.75 Å². The Hall–Kier alpha value is -2.96. The highest BCUT2D eigenvalue weighted by Crippen LogP contribution is 2.33. The lowest BCUT2D eigenvalue weighted by Gasteiger charge is -2.12. The molecule has 0 bridgehead atoms. The van der Waals surface area contributed by atoms with Gasteiger partial charge in [0.1, 0.15) is 5.75 Å². The molecule has 0 saturated heterocycles. The molecule has 0 amide bonds. The maximum Gasteiger partial charge on any atom is 0.175 e. The van der Waals surface area contributed by atoms with Crippen molar-refractivity contribution in [1.29, 1.82) is 0 Å². The van der Waals surface area contributed by atoms with Gasteiger partial charge in [-0.05, 0) is 36.4 Å². The summed E-state index contributed by atoms with van der Waals surface area (Å²) in [7, 11) is -1.67. The van der Waals surface area contributed by atoms with Crippen LogP contribution in [-0.4, -0.2) is 31.8 Å². The molecule has 1 aromatic heterocycles. The van der Waals surface area contributed by atoms with Gasteiger partial charge in [0.05, 0.1) is 34.4 Å². The minimum absolute atomic E-state index is 0.257. The number of aromatic nitrogens is 2. The topological polar surface area (TPSA) is 69.2 Å². The molecule has 0 unspecified atom stereocenters. The third-order valence-electron chi connectivity index (χ3n) is 4.54. The van der Waals surface area contributed by atoms with Gasteiger partial charge in [-0.25, -0.2) is 18.4 Å². The summed E-state index contributed by atoms with van der Waals surface area (Å²) < 4.78 is 28.9. The Kier molecular flexibility index (Phi) is 4.98. The number of hydrogen-bond donors (Lipinski definition) is 0. The van der Waals surface area contributed by atoms with Crippen LogP contribution in [0.3, 0.4) is 0 Å². The van der Waals surface area contributed by atoms with E-state index < -0.39 is 9.84 Å². The van der Waals surface area contributed by atoms with E-state index in [2.05, 4.69) is 0 Å². The van der Waals surface area contributed by atoms with E-state index in [-0.39, 0.29) is 4.90 Å². The number of benzene rings is 3. The molecule has 3 aromatic carbocycles. The molecule has 7 heteroatoms. The molecule has 0 N–H and O–H groups in total. The van der Waals surface area contributed by atoms with Crippen LogP contribution in [0.15, 0.2) is 71.6 Å². The Morgan fingerprint density at radius 1 is 0.793 bits per heavy atom. The molecular weight excluding hydrogens is 408 g/mol. The fourth-order valence-electron chi connectivity index (χ4n) is 3.03. The molecule has 5 nitrogen and oxygen atoms in total. The van der Waals surface area contributed by atoms with Gasteiger partial charge < -0.3 is 4.74 Å². The summed E-state index contributed by atoms with van der Waals surface area (Å²) in [6.45, 7) is 0. The van der Waals surface area contributed by atoms with Gasteiger partial charge in [0.2, 0.25) is 0 Å². The van der Waals surface area contributed by atoms with Gasteiger partial charge in [0.15, 0.2) is 9.84 Å². The van der Waals surface area contributed by atoms with Crippen LogP contribution in [-0.2, 0) is 9.84 Å².